The minimum Gasteiger partial charge on any atom is -0.480 e. The highest BCUT2D eigenvalue weighted by atomic mass is 16.4. The van der Waals surface area contributed by atoms with Gasteiger partial charge in [0, 0.05) is 18.7 Å². The Morgan fingerprint density at radius 3 is 2.89 bits per heavy atom. The van der Waals surface area contributed by atoms with Crippen molar-refractivity contribution in [2.45, 2.75) is 44.3 Å². The Labute approximate surface area is 104 Å². The molecule has 1 amide bonds. The van der Waals surface area contributed by atoms with Gasteiger partial charge in [0.1, 0.15) is 6.04 Å². The van der Waals surface area contributed by atoms with Gasteiger partial charge in [-0.3, -0.25) is 4.79 Å². The van der Waals surface area contributed by atoms with Crippen molar-refractivity contribution < 1.29 is 14.7 Å². The highest BCUT2D eigenvalue weighted by Crippen LogP contribution is 2.36. The van der Waals surface area contributed by atoms with Crippen molar-refractivity contribution in [3.8, 4) is 0 Å². The molecule has 1 aliphatic carbocycles. The lowest BCUT2D eigenvalue weighted by molar-refractivity contribution is -0.146. The second-order valence-corrected chi connectivity index (χ2v) is 4.94. The van der Waals surface area contributed by atoms with Crippen LogP contribution < -0.4 is 0 Å². The van der Waals surface area contributed by atoms with Gasteiger partial charge in [-0.15, -0.1) is 0 Å². The van der Waals surface area contributed by atoms with Gasteiger partial charge >= 0.3 is 5.97 Å². The molecular formula is C12H15N3O3. The summed E-state index contributed by atoms with van der Waals surface area (Å²) in [5, 5.41) is 9.10. The van der Waals surface area contributed by atoms with Gasteiger partial charge < -0.3 is 14.6 Å². The van der Waals surface area contributed by atoms with Gasteiger partial charge in [0.15, 0.2) is 0 Å². The third-order valence-electron chi connectivity index (χ3n) is 3.63. The zero-order valence-corrected chi connectivity index (χ0v) is 9.95. The molecule has 1 N–H and O–H groups in total. The van der Waals surface area contributed by atoms with Crippen molar-refractivity contribution in [2.24, 2.45) is 0 Å². The lowest BCUT2D eigenvalue weighted by Crippen LogP contribution is -2.38. The maximum Gasteiger partial charge on any atom is 0.326 e. The van der Waals surface area contributed by atoms with Crippen molar-refractivity contribution in [1.29, 1.82) is 0 Å². The number of aliphatic carboxylic acids is 1. The van der Waals surface area contributed by atoms with Crippen molar-refractivity contribution in [2.75, 3.05) is 0 Å². The average molecular weight is 249 g/mol. The number of aromatic nitrogens is 2. The molecular weight excluding hydrogens is 234 g/mol. The molecule has 0 radical (unpaired) electrons. The van der Waals surface area contributed by atoms with E-state index >= 15 is 0 Å². The number of likely N-dealkylation sites (tertiary alicyclic amines) is 1. The van der Waals surface area contributed by atoms with E-state index in [1.165, 1.54) is 4.90 Å². The van der Waals surface area contributed by atoms with Crippen LogP contribution in [0.1, 0.15) is 37.4 Å². The van der Waals surface area contributed by atoms with Crippen LogP contribution in [-0.4, -0.2) is 37.5 Å². The second kappa shape index (κ2) is 4.12. The number of carbonyl (C=O) groups excluding carboxylic acids is 1. The molecule has 0 aromatic carbocycles. The minimum atomic E-state index is -0.918. The van der Waals surface area contributed by atoms with Crippen LogP contribution in [0.2, 0.25) is 0 Å². The Bertz CT molecular complexity index is 493. The summed E-state index contributed by atoms with van der Waals surface area (Å²) in [6.07, 6.45) is 6.51. The number of hydrogen-bond donors (Lipinski definition) is 1. The summed E-state index contributed by atoms with van der Waals surface area (Å²) in [4.78, 5) is 28.4. The molecule has 2 aliphatic rings. The van der Waals surface area contributed by atoms with Crippen molar-refractivity contribution in [3.05, 3.63) is 18.2 Å². The monoisotopic (exact) mass is 249 g/mol. The summed E-state index contributed by atoms with van der Waals surface area (Å²) in [5.74, 6) is -0.996. The van der Waals surface area contributed by atoms with Crippen LogP contribution in [0.25, 0.3) is 0 Å². The van der Waals surface area contributed by atoms with Crippen LogP contribution in [0.4, 0.5) is 0 Å². The van der Waals surface area contributed by atoms with E-state index < -0.39 is 12.0 Å². The summed E-state index contributed by atoms with van der Waals surface area (Å²) in [7, 11) is 0. The first-order valence-electron chi connectivity index (χ1n) is 6.20. The maximum atomic E-state index is 11.7. The minimum absolute atomic E-state index is 0.0778. The van der Waals surface area contributed by atoms with Gasteiger partial charge in [0.25, 0.3) is 0 Å². The molecule has 1 aromatic rings. The molecule has 1 atom stereocenters. The molecule has 1 aromatic heterocycles. The summed E-state index contributed by atoms with van der Waals surface area (Å²) >= 11 is 0. The van der Waals surface area contributed by atoms with Crippen LogP contribution in [0, 0.1) is 0 Å². The largest absolute Gasteiger partial charge is 0.480 e. The molecule has 1 aliphatic heterocycles. The highest BCUT2D eigenvalue weighted by Gasteiger charge is 2.37. The number of rotatable bonds is 4. The first-order valence-corrected chi connectivity index (χ1v) is 6.20. The lowest BCUT2D eigenvalue weighted by Gasteiger charge is -2.22. The van der Waals surface area contributed by atoms with E-state index in [2.05, 4.69) is 9.55 Å². The summed E-state index contributed by atoms with van der Waals surface area (Å²) < 4.78 is 2.06. The molecule has 1 saturated heterocycles. The average Bonchev–Trinajstić information content (AvgIpc) is 2.96. The summed E-state index contributed by atoms with van der Waals surface area (Å²) in [6, 6.07) is -0.191. The third kappa shape index (κ3) is 1.87. The van der Waals surface area contributed by atoms with Crippen LogP contribution in [0.3, 0.4) is 0 Å². The molecule has 1 unspecified atom stereocenters. The second-order valence-electron chi connectivity index (χ2n) is 4.94. The van der Waals surface area contributed by atoms with Gasteiger partial charge in [0.05, 0.1) is 18.6 Å². The highest BCUT2D eigenvalue weighted by molar-refractivity contribution is 5.87. The molecule has 0 bridgehead atoms. The quantitative estimate of drug-likeness (QED) is 0.856. The SMILES string of the molecule is O=C(O)C1CCC(=O)N1Cc1cncn1C1CC1. The fourth-order valence-electron chi connectivity index (χ4n) is 2.50. The van der Waals surface area contributed by atoms with Crippen molar-refractivity contribution in [3.63, 3.8) is 0 Å². The normalized spacial score (nSPS) is 23.7. The maximum absolute atomic E-state index is 11.7. The number of carboxylic acids is 1. The number of amides is 1. The van der Waals surface area contributed by atoms with E-state index in [1.807, 2.05) is 0 Å². The molecule has 2 fully saturated rings. The lowest BCUT2D eigenvalue weighted by atomic mass is 10.2. The van der Waals surface area contributed by atoms with Gasteiger partial charge in [-0.05, 0) is 19.3 Å². The fourth-order valence-corrected chi connectivity index (χ4v) is 2.50. The molecule has 96 valence electrons. The Balaban J connectivity index is 1.79. The number of carbonyl (C=O) groups is 2. The fraction of sp³-hybridized carbons (Fsp3) is 0.583. The zero-order chi connectivity index (χ0) is 12.7. The first kappa shape index (κ1) is 11.3. The van der Waals surface area contributed by atoms with Gasteiger partial charge in [-0.25, -0.2) is 9.78 Å². The Morgan fingerprint density at radius 1 is 1.44 bits per heavy atom. The summed E-state index contributed by atoms with van der Waals surface area (Å²) in [5.41, 5.74) is 0.930. The number of nitrogens with zero attached hydrogens (tertiary/aromatic N) is 3. The Morgan fingerprint density at radius 2 is 2.22 bits per heavy atom. The van der Waals surface area contributed by atoms with Gasteiger partial charge in [0.2, 0.25) is 5.91 Å². The molecule has 3 rings (SSSR count). The molecule has 6 heteroatoms. The molecule has 2 heterocycles. The molecule has 0 spiro atoms. The standard InChI is InChI=1S/C12H15N3O3/c16-11-4-3-10(12(17)18)14(11)6-9-5-13-7-15(9)8-1-2-8/h5,7-8,10H,1-4,6H2,(H,17,18). The number of imidazole rings is 1. The van der Waals surface area contributed by atoms with Crippen LogP contribution >= 0.6 is 0 Å². The molecule has 18 heavy (non-hydrogen) atoms. The first-order chi connectivity index (χ1) is 8.66. The van der Waals surface area contributed by atoms with E-state index in [1.54, 1.807) is 12.5 Å². The van der Waals surface area contributed by atoms with Crippen LogP contribution in [0.5, 0.6) is 0 Å². The van der Waals surface area contributed by atoms with E-state index in [0.717, 1.165) is 18.5 Å². The predicted molar refractivity (Wildman–Crippen MR) is 61.7 cm³/mol. The number of carboxylic acid groups (broad SMARTS) is 1. The van der Waals surface area contributed by atoms with Crippen LogP contribution in [-0.2, 0) is 16.1 Å². The Hall–Kier alpha value is -1.85. The van der Waals surface area contributed by atoms with Gasteiger partial charge in [-0.1, -0.05) is 0 Å². The van der Waals surface area contributed by atoms with E-state index in [0.29, 0.717) is 25.4 Å². The topological polar surface area (TPSA) is 75.4 Å². The summed E-state index contributed by atoms with van der Waals surface area (Å²) in [6.45, 7) is 0.353. The molecule has 1 saturated carbocycles. The number of hydrogen-bond acceptors (Lipinski definition) is 3. The van der Waals surface area contributed by atoms with E-state index in [9.17, 15) is 9.59 Å². The van der Waals surface area contributed by atoms with E-state index in [-0.39, 0.29) is 5.91 Å². The Kier molecular flexibility index (Phi) is 2.57. The van der Waals surface area contributed by atoms with E-state index in [4.69, 9.17) is 5.11 Å². The van der Waals surface area contributed by atoms with Crippen molar-refractivity contribution in [1.82, 2.24) is 14.5 Å². The smallest absolute Gasteiger partial charge is 0.326 e. The van der Waals surface area contributed by atoms with Crippen LogP contribution in [0.15, 0.2) is 12.5 Å². The van der Waals surface area contributed by atoms with Crippen molar-refractivity contribution >= 4 is 11.9 Å². The molecule has 6 nitrogen and oxygen atoms in total. The third-order valence-corrected chi connectivity index (χ3v) is 3.63. The zero-order valence-electron chi connectivity index (χ0n) is 9.95. The van der Waals surface area contributed by atoms with Gasteiger partial charge in [-0.2, -0.15) is 0 Å². The predicted octanol–water partition coefficient (Wildman–Crippen LogP) is 0.794.